The summed E-state index contributed by atoms with van der Waals surface area (Å²) in [6, 6.07) is 13.0. The van der Waals surface area contributed by atoms with E-state index in [2.05, 4.69) is 25.9 Å². The van der Waals surface area contributed by atoms with E-state index in [1.165, 1.54) is 18.2 Å². The Balaban J connectivity index is 1.61. The van der Waals surface area contributed by atoms with Crippen LogP contribution in [0.25, 0.3) is 0 Å². The van der Waals surface area contributed by atoms with Crippen LogP contribution in [-0.4, -0.2) is 34.1 Å². The van der Waals surface area contributed by atoms with E-state index in [9.17, 15) is 14.0 Å². The summed E-state index contributed by atoms with van der Waals surface area (Å²) in [6.07, 6.45) is 1.60. The van der Waals surface area contributed by atoms with Gasteiger partial charge in [0.15, 0.2) is 0 Å². The quantitative estimate of drug-likeness (QED) is 0.352. The van der Waals surface area contributed by atoms with Crippen molar-refractivity contribution in [2.75, 3.05) is 11.9 Å². The predicted octanol–water partition coefficient (Wildman–Crippen LogP) is 4.88. The van der Waals surface area contributed by atoms with Gasteiger partial charge in [-0.3, -0.25) is 9.78 Å². The van der Waals surface area contributed by atoms with Gasteiger partial charge in [-0.05, 0) is 68.7 Å². The van der Waals surface area contributed by atoms with Crippen molar-refractivity contribution in [1.29, 1.82) is 0 Å². The molecule has 0 fully saturated rings. The summed E-state index contributed by atoms with van der Waals surface area (Å²) in [5.41, 5.74) is 1.87. The van der Waals surface area contributed by atoms with Gasteiger partial charge in [-0.2, -0.15) is 0 Å². The second kappa shape index (κ2) is 12.3. The molecule has 0 saturated heterocycles. The molecule has 3 rings (SSSR count). The van der Waals surface area contributed by atoms with Crippen molar-refractivity contribution in [3.05, 3.63) is 88.1 Å². The zero-order chi connectivity index (χ0) is 26.1. The fourth-order valence-electron chi connectivity index (χ4n) is 3.30. The first-order chi connectivity index (χ1) is 17.1. The SMILES string of the molecule is CC(C)(C)OC(=O)NCc1ncccc1CNC(=O)c1ccc(Cl)nc1NCCc1cccc(F)c1. The van der Waals surface area contributed by atoms with Crippen LogP contribution in [0.15, 0.2) is 54.7 Å². The highest BCUT2D eigenvalue weighted by atomic mass is 35.5. The van der Waals surface area contributed by atoms with Crippen LogP contribution in [0.1, 0.15) is 48.0 Å². The third kappa shape index (κ3) is 8.49. The summed E-state index contributed by atoms with van der Waals surface area (Å²) in [5.74, 6) is -0.332. The maximum atomic E-state index is 13.4. The number of pyridine rings is 2. The third-order valence-corrected chi connectivity index (χ3v) is 5.13. The van der Waals surface area contributed by atoms with Gasteiger partial charge >= 0.3 is 6.09 Å². The minimum Gasteiger partial charge on any atom is -0.444 e. The number of nitrogens with one attached hydrogen (secondary N) is 3. The summed E-state index contributed by atoms with van der Waals surface area (Å²) in [5, 5.41) is 8.89. The smallest absolute Gasteiger partial charge is 0.407 e. The van der Waals surface area contributed by atoms with Gasteiger partial charge in [-0.1, -0.05) is 29.8 Å². The molecule has 2 heterocycles. The van der Waals surface area contributed by atoms with Crippen molar-refractivity contribution in [2.45, 2.75) is 45.9 Å². The monoisotopic (exact) mass is 513 g/mol. The number of amides is 2. The number of hydrogen-bond acceptors (Lipinski definition) is 6. The van der Waals surface area contributed by atoms with Gasteiger partial charge in [0.2, 0.25) is 0 Å². The number of anilines is 1. The van der Waals surface area contributed by atoms with Gasteiger partial charge in [0.1, 0.15) is 22.4 Å². The first-order valence-electron chi connectivity index (χ1n) is 11.4. The standard InChI is InChI=1S/C26H29ClFN5O3/c1-26(2,3)36-25(35)32-16-21-18(7-5-12-29-21)15-31-24(34)20-9-10-22(27)33-23(20)30-13-11-17-6-4-8-19(28)14-17/h4-10,12,14H,11,13,15-16H2,1-3H3,(H,30,33)(H,31,34)(H,32,35). The molecule has 0 unspecified atom stereocenters. The highest BCUT2D eigenvalue weighted by Gasteiger charge is 2.17. The molecule has 3 N–H and O–H groups in total. The molecule has 0 aliphatic heterocycles. The van der Waals surface area contributed by atoms with Crippen molar-refractivity contribution < 1.29 is 18.7 Å². The molecule has 0 spiro atoms. The fraction of sp³-hybridized carbons (Fsp3) is 0.308. The highest BCUT2D eigenvalue weighted by Crippen LogP contribution is 2.18. The minimum absolute atomic E-state index is 0.149. The van der Waals surface area contributed by atoms with Crippen LogP contribution >= 0.6 is 11.6 Å². The number of hydrogen-bond donors (Lipinski definition) is 3. The molecular weight excluding hydrogens is 485 g/mol. The Bertz CT molecular complexity index is 1220. The van der Waals surface area contributed by atoms with Gasteiger partial charge < -0.3 is 20.7 Å². The zero-order valence-corrected chi connectivity index (χ0v) is 21.2. The van der Waals surface area contributed by atoms with Crippen molar-refractivity contribution in [2.24, 2.45) is 0 Å². The molecule has 0 aliphatic rings. The van der Waals surface area contributed by atoms with Crippen LogP contribution in [0.4, 0.5) is 15.0 Å². The van der Waals surface area contributed by atoms with Crippen LogP contribution in [0.2, 0.25) is 5.15 Å². The van der Waals surface area contributed by atoms with Crippen molar-refractivity contribution in [1.82, 2.24) is 20.6 Å². The minimum atomic E-state index is -0.610. The molecular formula is C26H29ClFN5O3. The van der Waals surface area contributed by atoms with Gasteiger partial charge in [-0.25, -0.2) is 14.2 Å². The molecule has 0 aliphatic carbocycles. The molecule has 8 nitrogen and oxygen atoms in total. The Morgan fingerprint density at radius 1 is 1.06 bits per heavy atom. The van der Waals surface area contributed by atoms with Gasteiger partial charge in [0, 0.05) is 19.3 Å². The molecule has 10 heteroatoms. The molecule has 2 amide bonds. The van der Waals surface area contributed by atoms with Crippen LogP contribution in [-0.2, 0) is 24.2 Å². The predicted molar refractivity (Wildman–Crippen MR) is 136 cm³/mol. The average molecular weight is 514 g/mol. The first kappa shape index (κ1) is 26.9. The topological polar surface area (TPSA) is 105 Å². The maximum absolute atomic E-state index is 13.4. The molecule has 0 saturated carbocycles. The first-order valence-corrected chi connectivity index (χ1v) is 11.8. The number of ether oxygens (including phenoxy) is 1. The number of benzene rings is 1. The molecule has 1 aromatic carbocycles. The van der Waals surface area contributed by atoms with E-state index in [0.717, 1.165) is 11.1 Å². The fourth-order valence-corrected chi connectivity index (χ4v) is 3.45. The van der Waals surface area contributed by atoms with Crippen LogP contribution < -0.4 is 16.0 Å². The summed E-state index contributed by atoms with van der Waals surface area (Å²) in [6.45, 7) is 6.11. The molecule has 36 heavy (non-hydrogen) atoms. The van der Waals surface area contributed by atoms with Gasteiger partial charge in [0.05, 0.1) is 17.8 Å². The lowest BCUT2D eigenvalue weighted by molar-refractivity contribution is 0.0522. The Labute approximate surface area is 214 Å². The largest absolute Gasteiger partial charge is 0.444 e. The normalized spacial score (nSPS) is 11.0. The van der Waals surface area contributed by atoms with E-state index >= 15 is 0 Å². The average Bonchev–Trinajstić information content (AvgIpc) is 2.81. The Morgan fingerprint density at radius 2 is 1.86 bits per heavy atom. The lowest BCUT2D eigenvalue weighted by Crippen LogP contribution is -2.33. The van der Waals surface area contributed by atoms with Gasteiger partial charge in [0.25, 0.3) is 5.91 Å². The Hall–Kier alpha value is -3.72. The lowest BCUT2D eigenvalue weighted by Gasteiger charge is -2.20. The molecule has 190 valence electrons. The van der Waals surface area contributed by atoms with Crippen LogP contribution in [0, 0.1) is 5.82 Å². The Kier molecular flexibility index (Phi) is 9.19. The highest BCUT2D eigenvalue weighted by molar-refractivity contribution is 6.29. The van der Waals surface area contributed by atoms with Gasteiger partial charge in [-0.15, -0.1) is 0 Å². The second-order valence-electron chi connectivity index (χ2n) is 8.98. The molecule has 0 atom stereocenters. The van der Waals surface area contributed by atoms with E-state index in [0.29, 0.717) is 30.0 Å². The summed E-state index contributed by atoms with van der Waals surface area (Å²) in [4.78, 5) is 33.5. The number of nitrogens with zero attached hydrogens (tertiary/aromatic N) is 2. The van der Waals surface area contributed by atoms with E-state index in [-0.39, 0.29) is 30.0 Å². The van der Waals surface area contributed by atoms with Crippen LogP contribution in [0.5, 0.6) is 0 Å². The van der Waals surface area contributed by atoms with Crippen molar-refractivity contribution in [3.8, 4) is 0 Å². The molecule has 0 radical (unpaired) electrons. The second-order valence-corrected chi connectivity index (χ2v) is 9.37. The van der Waals surface area contributed by atoms with E-state index < -0.39 is 11.7 Å². The summed E-state index contributed by atoms with van der Waals surface area (Å²) in [7, 11) is 0. The number of aromatic nitrogens is 2. The zero-order valence-electron chi connectivity index (χ0n) is 20.4. The number of halogens is 2. The van der Waals surface area contributed by atoms with E-state index in [4.69, 9.17) is 16.3 Å². The van der Waals surface area contributed by atoms with Crippen LogP contribution in [0.3, 0.4) is 0 Å². The van der Waals surface area contributed by atoms with E-state index in [1.54, 1.807) is 45.2 Å². The number of alkyl carbamates (subject to hydrolysis) is 1. The van der Waals surface area contributed by atoms with Crippen molar-refractivity contribution in [3.63, 3.8) is 0 Å². The summed E-state index contributed by atoms with van der Waals surface area (Å²) >= 11 is 6.05. The number of rotatable bonds is 9. The molecule has 0 bridgehead atoms. The third-order valence-electron chi connectivity index (χ3n) is 4.92. The van der Waals surface area contributed by atoms with Crippen molar-refractivity contribution >= 4 is 29.4 Å². The lowest BCUT2D eigenvalue weighted by atomic mass is 10.1. The van der Waals surface area contributed by atoms with E-state index in [1.807, 2.05) is 12.1 Å². The maximum Gasteiger partial charge on any atom is 0.407 e. The summed E-state index contributed by atoms with van der Waals surface area (Å²) < 4.78 is 18.7. The molecule has 2 aromatic heterocycles. The molecule has 3 aromatic rings. The Morgan fingerprint density at radius 3 is 2.61 bits per heavy atom. The number of carbonyl (C=O) groups excluding carboxylic acids is 2. The number of carbonyl (C=O) groups is 2.